The highest BCUT2D eigenvalue weighted by atomic mass is 16.5. The molecule has 2 amide bonds. The van der Waals surface area contributed by atoms with Crippen LogP contribution in [0.25, 0.3) is 0 Å². The number of ether oxygens (including phenoxy) is 1. The van der Waals surface area contributed by atoms with Crippen LogP contribution < -0.4 is 10.6 Å². The van der Waals surface area contributed by atoms with Gasteiger partial charge in [0.1, 0.15) is 0 Å². The maximum atomic E-state index is 11.5. The number of carboxylic acids is 1. The van der Waals surface area contributed by atoms with Gasteiger partial charge in [-0.1, -0.05) is 13.8 Å². The quantitative estimate of drug-likeness (QED) is 0.482. The lowest BCUT2D eigenvalue weighted by Crippen LogP contribution is -2.37. The van der Waals surface area contributed by atoms with Gasteiger partial charge in [-0.25, -0.2) is 4.79 Å². The summed E-state index contributed by atoms with van der Waals surface area (Å²) < 4.78 is 4.93. The predicted octanol–water partition coefficient (Wildman–Crippen LogP) is 2.24. The first kappa shape index (κ1) is 19.7. The van der Waals surface area contributed by atoms with Crippen LogP contribution >= 0.6 is 0 Å². The van der Waals surface area contributed by atoms with Crippen LogP contribution in [0.3, 0.4) is 0 Å². The number of urea groups is 1. The molecule has 0 fully saturated rings. The van der Waals surface area contributed by atoms with Gasteiger partial charge < -0.3 is 20.5 Å². The molecule has 0 radical (unpaired) electrons. The Morgan fingerprint density at radius 1 is 1.10 bits per heavy atom. The van der Waals surface area contributed by atoms with Gasteiger partial charge in [0.05, 0.1) is 0 Å². The number of unbranched alkanes of at least 4 members (excludes halogenated alkanes) is 1. The smallest absolute Gasteiger partial charge is 0.314 e. The number of carbonyl (C=O) groups is 2. The van der Waals surface area contributed by atoms with Crippen molar-refractivity contribution in [3.05, 3.63) is 0 Å². The monoisotopic (exact) mass is 302 g/mol. The average Bonchev–Trinajstić information content (AvgIpc) is 2.41. The van der Waals surface area contributed by atoms with Gasteiger partial charge in [-0.15, -0.1) is 0 Å². The molecule has 124 valence electrons. The number of hydrogen-bond acceptors (Lipinski definition) is 3. The zero-order valence-corrected chi connectivity index (χ0v) is 13.5. The Kier molecular flexibility index (Phi) is 11.7. The SMILES string of the molecule is COCCCCNC(=O)NCCC(CCC(=O)O)C(C)C. The van der Waals surface area contributed by atoms with Gasteiger partial charge >= 0.3 is 12.0 Å². The number of amides is 2. The lowest BCUT2D eigenvalue weighted by molar-refractivity contribution is -0.137. The van der Waals surface area contributed by atoms with E-state index in [4.69, 9.17) is 9.84 Å². The zero-order valence-electron chi connectivity index (χ0n) is 13.5. The Bertz CT molecular complexity index is 295. The maximum Gasteiger partial charge on any atom is 0.314 e. The number of hydrogen-bond donors (Lipinski definition) is 3. The summed E-state index contributed by atoms with van der Waals surface area (Å²) in [5.74, 6) is -0.0197. The number of carboxylic acid groups (broad SMARTS) is 1. The first-order valence-corrected chi connectivity index (χ1v) is 7.69. The number of carbonyl (C=O) groups excluding carboxylic acids is 1. The summed E-state index contributed by atoms with van der Waals surface area (Å²) in [7, 11) is 1.66. The Hall–Kier alpha value is -1.30. The Balaban J connectivity index is 3.72. The summed E-state index contributed by atoms with van der Waals surface area (Å²) >= 11 is 0. The molecular formula is C15H30N2O4. The minimum Gasteiger partial charge on any atom is -0.481 e. The molecule has 0 aliphatic rings. The van der Waals surface area contributed by atoms with Crippen molar-refractivity contribution < 1.29 is 19.4 Å². The van der Waals surface area contributed by atoms with E-state index in [0.29, 0.717) is 38.0 Å². The molecule has 0 aromatic rings. The highest BCUT2D eigenvalue weighted by molar-refractivity contribution is 5.73. The van der Waals surface area contributed by atoms with Crippen molar-refractivity contribution in [1.82, 2.24) is 10.6 Å². The van der Waals surface area contributed by atoms with Gasteiger partial charge in [-0.3, -0.25) is 4.79 Å². The number of rotatable bonds is 12. The van der Waals surface area contributed by atoms with Crippen LogP contribution in [0.2, 0.25) is 0 Å². The molecule has 0 aromatic carbocycles. The molecule has 0 aromatic heterocycles. The van der Waals surface area contributed by atoms with Crippen molar-refractivity contribution >= 4 is 12.0 Å². The fraction of sp³-hybridized carbons (Fsp3) is 0.867. The molecule has 6 heteroatoms. The molecule has 0 heterocycles. The van der Waals surface area contributed by atoms with E-state index in [1.54, 1.807) is 7.11 Å². The lowest BCUT2D eigenvalue weighted by Gasteiger charge is -2.20. The van der Waals surface area contributed by atoms with Crippen LogP contribution in [0.15, 0.2) is 0 Å². The van der Waals surface area contributed by atoms with E-state index in [2.05, 4.69) is 24.5 Å². The summed E-state index contributed by atoms with van der Waals surface area (Å²) in [6.45, 7) is 6.10. The van der Waals surface area contributed by atoms with E-state index in [-0.39, 0.29) is 12.5 Å². The summed E-state index contributed by atoms with van der Waals surface area (Å²) in [5.41, 5.74) is 0. The minimum absolute atomic E-state index is 0.159. The minimum atomic E-state index is -0.762. The summed E-state index contributed by atoms with van der Waals surface area (Å²) in [4.78, 5) is 22.2. The third-order valence-corrected chi connectivity index (χ3v) is 3.53. The van der Waals surface area contributed by atoms with E-state index in [0.717, 1.165) is 19.3 Å². The van der Waals surface area contributed by atoms with Crippen LogP contribution in [-0.4, -0.2) is 43.9 Å². The van der Waals surface area contributed by atoms with Crippen LogP contribution in [0.1, 0.15) is 46.0 Å². The average molecular weight is 302 g/mol. The van der Waals surface area contributed by atoms with Crippen molar-refractivity contribution in [2.45, 2.75) is 46.0 Å². The molecule has 0 aliphatic carbocycles. The molecule has 0 spiro atoms. The summed E-state index contributed by atoms with van der Waals surface area (Å²) in [6.07, 6.45) is 3.49. The van der Waals surface area contributed by atoms with E-state index in [1.807, 2.05) is 0 Å². The molecule has 1 atom stereocenters. The Morgan fingerprint density at radius 2 is 1.76 bits per heavy atom. The van der Waals surface area contributed by atoms with Crippen molar-refractivity contribution in [2.24, 2.45) is 11.8 Å². The van der Waals surface area contributed by atoms with E-state index >= 15 is 0 Å². The Labute approximate surface area is 127 Å². The van der Waals surface area contributed by atoms with Crippen LogP contribution in [0.4, 0.5) is 4.79 Å². The normalized spacial score (nSPS) is 12.2. The first-order chi connectivity index (χ1) is 9.97. The van der Waals surface area contributed by atoms with Gasteiger partial charge in [0, 0.05) is 33.2 Å². The lowest BCUT2D eigenvalue weighted by atomic mass is 9.88. The molecule has 3 N–H and O–H groups in total. The van der Waals surface area contributed by atoms with Crippen molar-refractivity contribution in [3.63, 3.8) is 0 Å². The maximum absolute atomic E-state index is 11.5. The fourth-order valence-electron chi connectivity index (χ4n) is 2.13. The second kappa shape index (κ2) is 12.4. The van der Waals surface area contributed by atoms with Gasteiger partial charge in [0.15, 0.2) is 0 Å². The third kappa shape index (κ3) is 12.2. The topological polar surface area (TPSA) is 87.7 Å². The van der Waals surface area contributed by atoms with Gasteiger partial charge in [0.25, 0.3) is 0 Å². The van der Waals surface area contributed by atoms with Crippen molar-refractivity contribution in [1.29, 1.82) is 0 Å². The van der Waals surface area contributed by atoms with E-state index in [9.17, 15) is 9.59 Å². The van der Waals surface area contributed by atoms with Crippen molar-refractivity contribution in [3.8, 4) is 0 Å². The standard InChI is InChI=1S/C15H30N2O4/c1-12(2)13(6-7-14(18)19)8-10-17-15(20)16-9-4-5-11-21-3/h12-13H,4-11H2,1-3H3,(H,18,19)(H2,16,17,20). The fourth-order valence-corrected chi connectivity index (χ4v) is 2.13. The second-order valence-corrected chi connectivity index (χ2v) is 5.61. The first-order valence-electron chi connectivity index (χ1n) is 7.69. The van der Waals surface area contributed by atoms with Gasteiger partial charge in [-0.05, 0) is 37.5 Å². The molecule has 0 aliphatic heterocycles. The van der Waals surface area contributed by atoms with Crippen LogP contribution in [-0.2, 0) is 9.53 Å². The number of nitrogens with one attached hydrogen (secondary N) is 2. The highest BCUT2D eigenvalue weighted by Gasteiger charge is 2.15. The van der Waals surface area contributed by atoms with Crippen molar-refractivity contribution in [2.75, 3.05) is 26.8 Å². The molecule has 21 heavy (non-hydrogen) atoms. The van der Waals surface area contributed by atoms with Gasteiger partial charge in [-0.2, -0.15) is 0 Å². The Morgan fingerprint density at radius 3 is 2.33 bits per heavy atom. The predicted molar refractivity (Wildman–Crippen MR) is 82.3 cm³/mol. The molecular weight excluding hydrogens is 272 g/mol. The molecule has 0 bridgehead atoms. The summed E-state index contributed by atoms with van der Waals surface area (Å²) in [6, 6.07) is -0.159. The molecule has 0 saturated carbocycles. The van der Waals surface area contributed by atoms with E-state index < -0.39 is 5.97 Å². The van der Waals surface area contributed by atoms with Crippen LogP contribution in [0.5, 0.6) is 0 Å². The third-order valence-electron chi connectivity index (χ3n) is 3.53. The molecule has 6 nitrogen and oxygen atoms in total. The molecule has 0 saturated heterocycles. The zero-order chi connectivity index (χ0) is 16.1. The molecule has 1 unspecified atom stereocenters. The van der Waals surface area contributed by atoms with E-state index in [1.165, 1.54) is 0 Å². The van der Waals surface area contributed by atoms with Gasteiger partial charge in [0.2, 0.25) is 0 Å². The molecule has 0 rings (SSSR count). The summed E-state index contributed by atoms with van der Waals surface area (Å²) in [5, 5.41) is 14.3. The van der Waals surface area contributed by atoms with Crippen LogP contribution in [0, 0.1) is 11.8 Å². The number of aliphatic carboxylic acids is 1. The second-order valence-electron chi connectivity index (χ2n) is 5.61. The highest BCUT2D eigenvalue weighted by Crippen LogP contribution is 2.20. The largest absolute Gasteiger partial charge is 0.481 e. The number of methoxy groups -OCH3 is 1.